The average Bonchev–Trinajstić information content (AvgIpc) is 2.27. The fraction of sp³-hybridized carbons (Fsp3) is 0.400. The molecule has 4 nitrogen and oxygen atoms in total. The van der Waals surface area contributed by atoms with E-state index in [0.717, 1.165) is 6.07 Å². The number of nitrogens with zero attached hydrogens (tertiary/aromatic N) is 1. The summed E-state index contributed by atoms with van der Waals surface area (Å²) in [5.74, 6) is -0.895. The second kappa shape index (κ2) is 5.13. The highest BCUT2D eigenvalue weighted by Gasteiger charge is 2.32. The van der Waals surface area contributed by atoms with E-state index in [0.29, 0.717) is 6.07 Å². The van der Waals surface area contributed by atoms with Crippen molar-refractivity contribution in [3.63, 3.8) is 0 Å². The van der Waals surface area contributed by atoms with E-state index >= 15 is 0 Å². The van der Waals surface area contributed by atoms with Crippen LogP contribution in [0, 0.1) is 0 Å². The summed E-state index contributed by atoms with van der Waals surface area (Å²) in [5.41, 5.74) is 3.86. The van der Waals surface area contributed by atoms with Crippen LogP contribution in [-0.2, 0) is 17.5 Å². The number of halogens is 3. The van der Waals surface area contributed by atoms with Gasteiger partial charge in [-0.1, -0.05) is 0 Å². The highest BCUT2D eigenvalue weighted by atomic mass is 19.4. The van der Waals surface area contributed by atoms with Crippen LogP contribution in [0.5, 0.6) is 0 Å². The lowest BCUT2D eigenvalue weighted by molar-refractivity contribution is -0.137. The maximum absolute atomic E-state index is 12.5. The first kappa shape index (κ1) is 13.4. The van der Waals surface area contributed by atoms with Crippen LogP contribution < -0.4 is 5.73 Å². The van der Waals surface area contributed by atoms with Gasteiger partial charge in [0, 0.05) is 6.54 Å². The van der Waals surface area contributed by atoms with E-state index in [1.54, 1.807) is 6.92 Å². The summed E-state index contributed by atoms with van der Waals surface area (Å²) in [4.78, 5) is 15.0. The molecule has 0 radical (unpaired) electrons. The third-order valence-corrected chi connectivity index (χ3v) is 1.90. The molecule has 17 heavy (non-hydrogen) atoms. The Morgan fingerprint density at radius 2 is 2.12 bits per heavy atom. The molecule has 0 amide bonds. The van der Waals surface area contributed by atoms with E-state index in [1.807, 2.05) is 0 Å². The first-order chi connectivity index (χ1) is 7.88. The summed E-state index contributed by atoms with van der Waals surface area (Å²) < 4.78 is 42.1. The third kappa shape index (κ3) is 3.42. The topological polar surface area (TPSA) is 65.2 Å². The Morgan fingerprint density at radius 1 is 1.47 bits per heavy atom. The van der Waals surface area contributed by atoms with Crippen molar-refractivity contribution in [1.29, 1.82) is 0 Å². The second-order valence-corrected chi connectivity index (χ2v) is 3.15. The van der Waals surface area contributed by atoms with E-state index < -0.39 is 17.7 Å². The minimum atomic E-state index is -4.55. The van der Waals surface area contributed by atoms with Crippen molar-refractivity contribution in [3.05, 3.63) is 29.1 Å². The lowest BCUT2D eigenvalue weighted by Gasteiger charge is -2.10. The number of hydrogen-bond acceptors (Lipinski definition) is 4. The van der Waals surface area contributed by atoms with Crippen molar-refractivity contribution in [2.75, 3.05) is 6.61 Å². The number of rotatable bonds is 3. The molecule has 1 heterocycles. The van der Waals surface area contributed by atoms with Crippen LogP contribution in [0.25, 0.3) is 0 Å². The zero-order valence-electron chi connectivity index (χ0n) is 9.04. The normalized spacial score (nSPS) is 11.4. The molecule has 0 aliphatic rings. The molecule has 0 bridgehead atoms. The van der Waals surface area contributed by atoms with Gasteiger partial charge in [-0.3, -0.25) is 0 Å². The molecular formula is C10H11F3N2O2. The van der Waals surface area contributed by atoms with E-state index in [1.165, 1.54) is 0 Å². The minimum absolute atomic E-state index is 0.0112. The van der Waals surface area contributed by atoms with Crippen LogP contribution in [0.3, 0.4) is 0 Å². The Labute approximate surface area is 95.6 Å². The van der Waals surface area contributed by atoms with Gasteiger partial charge in [0.1, 0.15) is 5.69 Å². The van der Waals surface area contributed by atoms with Gasteiger partial charge in [0.2, 0.25) is 0 Å². The average molecular weight is 248 g/mol. The Morgan fingerprint density at radius 3 is 2.59 bits per heavy atom. The molecule has 7 heteroatoms. The molecule has 0 unspecified atom stereocenters. The van der Waals surface area contributed by atoms with Crippen molar-refractivity contribution < 1.29 is 22.7 Å². The third-order valence-electron chi connectivity index (χ3n) is 1.90. The van der Waals surface area contributed by atoms with Crippen molar-refractivity contribution in [2.24, 2.45) is 5.73 Å². The van der Waals surface area contributed by atoms with Gasteiger partial charge in [0.05, 0.1) is 17.9 Å². The lowest BCUT2D eigenvalue weighted by Crippen LogP contribution is -2.14. The molecule has 0 saturated carbocycles. The van der Waals surface area contributed by atoms with Gasteiger partial charge in [-0.15, -0.1) is 0 Å². The van der Waals surface area contributed by atoms with Gasteiger partial charge < -0.3 is 10.5 Å². The Kier molecular flexibility index (Phi) is 4.06. The van der Waals surface area contributed by atoms with Crippen LogP contribution in [0.4, 0.5) is 13.2 Å². The first-order valence-corrected chi connectivity index (χ1v) is 4.83. The van der Waals surface area contributed by atoms with Gasteiger partial charge >= 0.3 is 12.1 Å². The number of esters is 1. The van der Waals surface area contributed by atoms with Gasteiger partial charge in [-0.25, -0.2) is 9.78 Å². The van der Waals surface area contributed by atoms with Crippen LogP contribution in [0.15, 0.2) is 12.1 Å². The number of aromatic nitrogens is 1. The Balaban J connectivity index is 3.19. The highest BCUT2D eigenvalue weighted by molar-refractivity contribution is 5.87. The molecule has 2 N–H and O–H groups in total. The smallest absolute Gasteiger partial charge is 0.416 e. The van der Waals surface area contributed by atoms with E-state index in [4.69, 9.17) is 5.73 Å². The quantitative estimate of drug-likeness (QED) is 0.827. The maximum atomic E-state index is 12.5. The van der Waals surface area contributed by atoms with E-state index in [-0.39, 0.29) is 24.5 Å². The standard InChI is InChI=1S/C10H11F3N2O2/c1-2-17-9(16)8-4-6(10(11,12)13)3-7(5-14)15-8/h3-4H,2,5,14H2,1H3. The monoisotopic (exact) mass is 248 g/mol. The molecule has 0 aliphatic heterocycles. The number of hydrogen-bond donors (Lipinski definition) is 1. The SMILES string of the molecule is CCOC(=O)c1cc(C(F)(F)F)cc(CN)n1. The van der Waals surface area contributed by atoms with Crippen LogP contribution in [0.2, 0.25) is 0 Å². The minimum Gasteiger partial charge on any atom is -0.461 e. The molecule has 0 saturated heterocycles. The fourth-order valence-electron chi connectivity index (χ4n) is 1.17. The first-order valence-electron chi connectivity index (χ1n) is 4.83. The molecule has 0 aliphatic carbocycles. The molecular weight excluding hydrogens is 237 g/mol. The maximum Gasteiger partial charge on any atom is 0.416 e. The van der Waals surface area contributed by atoms with Gasteiger partial charge in [0.15, 0.2) is 0 Å². The van der Waals surface area contributed by atoms with Crippen LogP contribution in [-0.4, -0.2) is 17.6 Å². The van der Waals surface area contributed by atoms with Gasteiger partial charge in [-0.2, -0.15) is 13.2 Å². The van der Waals surface area contributed by atoms with E-state index in [9.17, 15) is 18.0 Å². The van der Waals surface area contributed by atoms with Crippen molar-refractivity contribution in [3.8, 4) is 0 Å². The number of carbonyl (C=O) groups is 1. The molecule has 0 aromatic carbocycles. The summed E-state index contributed by atoms with van der Waals surface area (Å²) in [5, 5.41) is 0. The summed E-state index contributed by atoms with van der Waals surface area (Å²) in [7, 11) is 0. The molecule has 0 fully saturated rings. The predicted octanol–water partition coefficient (Wildman–Crippen LogP) is 1.74. The lowest BCUT2D eigenvalue weighted by atomic mass is 10.2. The van der Waals surface area contributed by atoms with Gasteiger partial charge in [-0.05, 0) is 19.1 Å². The molecule has 94 valence electrons. The fourth-order valence-corrected chi connectivity index (χ4v) is 1.17. The molecule has 1 rings (SSSR count). The summed E-state index contributed by atoms with van der Waals surface area (Å²) in [6.45, 7) is 1.43. The molecule has 1 aromatic heterocycles. The number of nitrogens with two attached hydrogens (primary N) is 1. The summed E-state index contributed by atoms with van der Waals surface area (Å²) >= 11 is 0. The summed E-state index contributed by atoms with van der Waals surface area (Å²) in [6.07, 6.45) is -4.55. The molecule has 1 aromatic rings. The van der Waals surface area contributed by atoms with Crippen LogP contribution in [0.1, 0.15) is 28.7 Å². The largest absolute Gasteiger partial charge is 0.461 e. The summed E-state index contributed by atoms with van der Waals surface area (Å²) in [6, 6.07) is 1.46. The molecule has 0 spiro atoms. The second-order valence-electron chi connectivity index (χ2n) is 3.15. The number of pyridine rings is 1. The van der Waals surface area contributed by atoms with Crippen molar-refractivity contribution in [1.82, 2.24) is 4.98 Å². The van der Waals surface area contributed by atoms with Crippen molar-refractivity contribution in [2.45, 2.75) is 19.6 Å². The zero-order chi connectivity index (χ0) is 13.1. The zero-order valence-corrected chi connectivity index (χ0v) is 9.04. The Hall–Kier alpha value is -1.63. The highest BCUT2D eigenvalue weighted by Crippen LogP contribution is 2.30. The van der Waals surface area contributed by atoms with Crippen LogP contribution >= 0.6 is 0 Å². The number of alkyl halides is 3. The number of ether oxygens (including phenoxy) is 1. The molecule has 0 atom stereocenters. The van der Waals surface area contributed by atoms with E-state index in [2.05, 4.69) is 9.72 Å². The van der Waals surface area contributed by atoms with Gasteiger partial charge in [0.25, 0.3) is 0 Å². The number of carbonyl (C=O) groups excluding carboxylic acids is 1. The Bertz CT molecular complexity index is 419. The predicted molar refractivity (Wildman–Crippen MR) is 53.1 cm³/mol. The van der Waals surface area contributed by atoms with Crippen molar-refractivity contribution >= 4 is 5.97 Å².